The van der Waals surface area contributed by atoms with Gasteiger partial charge in [-0.25, -0.2) is 13.6 Å². The second-order valence-corrected chi connectivity index (χ2v) is 7.27. The van der Waals surface area contributed by atoms with Crippen molar-refractivity contribution in [1.29, 1.82) is 0 Å². The summed E-state index contributed by atoms with van der Waals surface area (Å²) in [7, 11) is -4.75. The van der Waals surface area contributed by atoms with Crippen LogP contribution in [0.15, 0.2) is 17.2 Å². The molecule has 9 heteroatoms. The largest absolute Gasteiger partial charge is 0.516 e. The Balaban J connectivity index is 2.47. The lowest BCUT2D eigenvalue weighted by Gasteiger charge is -2.32. The highest BCUT2D eigenvalue weighted by atomic mass is 32.2. The van der Waals surface area contributed by atoms with Gasteiger partial charge in [-0.3, -0.25) is 4.98 Å². The van der Waals surface area contributed by atoms with E-state index in [9.17, 15) is 8.42 Å². The van der Waals surface area contributed by atoms with Crippen molar-refractivity contribution in [2.24, 2.45) is 5.14 Å². The molecule has 7 nitrogen and oxygen atoms in total. The van der Waals surface area contributed by atoms with Crippen LogP contribution in [0.3, 0.4) is 0 Å². The van der Waals surface area contributed by atoms with Crippen LogP contribution in [0.2, 0.25) is 0 Å². The summed E-state index contributed by atoms with van der Waals surface area (Å²) in [6.45, 7) is 7.53. The average molecular weight is 299 g/mol. The molecule has 0 aromatic carbocycles. The van der Waals surface area contributed by atoms with Crippen LogP contribution >= 0.6 is 0 Å². The van der Waals surface area contributed by atoms with E-state index < -0.39 is 28.3 Å². The van der Waals surface area contributed by atoms with Gasteiger partial charge in [0, 0.05) is 6.20 Å². The number of primary sulfonamides is 1. The topological polar surface area (TPSA) is 118 Å². The van der Waals surface area contributed by atoms with E-state index in [-0.39, 0.29) is 16.2 Å². The van der Waals surface area contributed by atoms with Gasteiger partial charge in [0.15, 0.2) is 0 Å². The van der Waals surface area contributed by atoms with E-state index in [1.54, 1.807) is 0 Å². The Bertz CT molecular complexity index is 629. The maximum atomic E-state index is 11.5. The second kappa shape index (κ2) is 4.42. The van der Waals surface area contributed by atoms with E-state index in [4.69, 9.17) is 20.2 Å². The molecule has 0 radical (unpaired) electrons. The van der Waals surface area contributed by atoms with Gasteiger partial charge in [0.1, 0.15) is 4.90 Å². The summed E-state index contributed by atoms with van der Waals surface area (Å²) in [6.07, 6.45) is 1.32. The van der Waals surface area contributed by atoms with Crippen LogP contribution in [0, 0.1) is 0 Å². The van der Waals surface area contributed by atoms with Crippen molar-refractivity contribution in [1.82, 2.24) is 4.98 Å². The minimum absolute atomic E-state index is 0.0477. The van der Waals surface area contributed by atoms with Crippen molar-refractivity contribution in [3.8, 4) is 0 Å². The van der Waals surface area contributed by atoms with Crippen molar-refractivity contribution >= 4 is 28.4 Å². The summed E-state index contributed by atoms with van der Waals surface area (Å²) in [5.41, 5.74) is 4.88. The summed E-state index contributed by atoms with van der Waals surface area (Å²) < 4.78 is 34.5. The molecular weight excluding hydrogens is 281 g/mol. The van der Waals surface area contributed by atoms with Crippen molar-refractivity contribution in [3.05, 3.63) is 12.3 Å². The maximum Gasteiger partial charge on any atom is 0.516 e. The molecular formula is C11H18BN3O4S. The van der Waals surface area contributed by atoms with Crippen LogP contribution in [-0.2, 0) is 19.3 Å². The number of nitrogens with zero attached hydrogens (tertiary/aromatic N) is 1. The SMILES string of the molecule is CC1(C)OB(c2nccc(S(N)(=O)=O)c2N)OC1(C)C. The first-order chi connectivity index (χ1) is 8.96. The predicted molar refractivity (Wildman–Crippen MR) is 75.7 cm³/mol. The van der Waals surface area contributed by atoms with E-state index in [1.807, 2.05) is 27.7 Å². The Morgan fingerprint density at radius 2 is 1.70 bits per heavy atom. The number of hydrogen-bond donors (Lipinski definition) is 2. The van der Waals surface area contributed by atoms with E-state index in [0.717, 1.165) is 0 Å². The fourth-order valence-corrected chi connectivity index (χ4v) is 2.52. The highest BCUT2D eigenvalue weighted by molar-refractivity contribution is 7.89. The molecule has 110 valence electrons. The van der Waals surface area contributed by atoms with E-state index in [0.29, 0.717) is 0 Å². The molecule has 1 aliphatic heterocycles. The summed E-state index contributed by atoms with van der Waals surface area (Å²) in [6, 6.07) is 1.25. The fourth-order valence-electron chi connectivity index (χ4n) is 1.86. The molecule has 0 saturated carbocycles. The number of pyridine rings is 1. The van der Waals surface area contributed by atoms with Crippen LogP contribution in [-0.4, -0.2) is 31.7 Å². The van der Waals surface area contributed by atoms with Crippen LogP contribution in [0.25, 0.3) is 0 Å². The normalized spacial score (nSPS) is 21.1. The lowest BCUT2D eigenvalue weighted by molar-refractivity contribution is 0.00578. The molecule has 1 aromatic heterocycles. The van der Waals surface area contributed by atoms with Crippen molar-refractivity contribution in [3.63, 3.8) is 0 Å². The van der Waals surface area contributed by atoms with Crippen molar-refractivity contribution in [2.75, 3.05) is 5.73 Å². The molecule has 0 amide bonds. The molecule has 2 rings (SSSR count). The van der Waals surface area contributed by atoms with E-state index in [1.165, 1.54) is 12.3 Å². The first kappa shape index (κ1) is 15.2. The first-order valence-corrected chi connectivity index (χ1v) is 7.63. The van der Waals surface area contributed by atoms with Gasteiger partial charge in [0.2, 0.25) is 10.0 Å². The third kappa shape index (κ3) is 2.42. The number of nitrogens with two attached hydrogens (primary N) is 2. The standard InChI is InChI=1S/C11H18BN3O4S/c1-10(2)11(3,4)19-12(18-10)9-8(13)7(5-6-15-9)20(14,16)17/h5-6H,13H2,1-4H3,(H2,14,16,17). The smallest absolute Gasteiger partial charge is 0.398 e. The molecule has 0 unspecified atom stereocenters. The first-order valence-electron chi connectivity index (χ1n) is 6.08. The Labute approximate surface area is 118 Å². The lowest BCUT2D eigenvalue weighted by atomic mass is 9.83. The van der Waals surface area contributed by atoms with Crippen molar-refractivity contribution < 1.29 is 17.7 Å². The third-order valence-electron chi connectivity index (χ3n) is 3.76. The molecule has 20 heavy (non-hydrogen) atoms. The fraction of sp³-hybridized carbons (Fsp3) is 0.545. The predicted octanol–water partition coefficient (Wildman–Crippen LogP) is -0.390. The number of sulfonamides is 1. The Morgan fingerprint density at radius 3 is 2.15 bits per heavy atom. The summed E-state index contributed by atoms with van der Waals surface area (Å²) in [5, 5.41) is 5.11. The van der Waals surface area contributed by atoms with Gasteiger partial charge >= 0.3 is 7.12 Å². The number of rotatable bonds is 2. The molecule has 1 saturated heterocycles. The minimum atomic E-state index is -3.92. The molecule has 1 aliphatic rings. The van der Waals surface area contributed by atoms with Gasteiger partial charge in [0.05, 0.1) is 22.5 Å². The summed E-state index contributed by atoms with van der Waals surface area (Å²) >= 11 is 0. The molecule has 1 aromatic rings. The van der Waals surface area contributed by atoms with Gasteiger partial charge in [-0.05, 0) is 33.8 Å². The highest BCUT2D eigenvalue weighted by Gasteiger charge is 2.53. The zero-order valence-corrected chi connectivity index (χ0v) is 12.7. The monoisotopic (exact) mass is 299 g/mol. The number of aromatic nitrogens is 1. The Hall–Kier alpha value is -1.16. The van der Waals surface area contributed by atoms with E-state index in [2.05, 4.69) is 4.98 Å². The molecule has 4 N–H and O–H groups in total. The number of anilines is 1. The lowest BCUT2D eigenvalue weighted by Crippen LogP contribution is -2.41. The molecule has 0 atom stereocenters. The van der Waals surface area contributed by atoms with Crippen molar-refractivity contribution in [2.45, 2.75) is 43.8 Å². The van der Waals surface area contributed by atoms with Gasteiger partial charge < -0.3 is 15.0 Å². The highest BCUT2D eigenvalue weighted by Crippen LogP contribution is 2.36. The van der Waals surface area contributed by atoms with Gasteiger partial charge in [-0.2, -0.15) is 0 Å². The Morgan fingerprint density at radius 1 is 1.20 bits per heavy atom. The van der Waals surface area contributed by atoms with Crippen LogP contribution in [0.4, 0.5) is 5.69 Å². The average Bonchev–Trinajstić information content (AvgIpc) is 2.46. The molecule has 2 heterocycles. The zero-order valence-electron chi connectivity index (χ0n) is 11.9. The molecule has 0 bridgehead atoms. The van der Waals surface area contributed by atoms with Crippen LogP contribution in [0.5, 0.6) is 0 Å². The van der Waals surface area contributed by atoms with Crippen LogP contribution < -0.4 is 16.5 Å². The number of nitrogen functional groups attached to an aromatic ring is 1. The molecule has 0 aliphatic carbocycles. The van der Waals surface area contributed by atoms with Gasteiger partial charge in [-0.15, -0.1) is 0 Å². The third-order valence-corrected chi connectivity index (χ3v) is 4.73. The summed E-state index contributed by atoms with van der Waals surface area (Å²) in [5.74, 6) is 0. The van der Waals surface area contributed by atoms with Crippen LogP contribution in [0.1, 0.15) is 27.7 Å². The second-order valence-electron chi connectivity index (χ2n) is 5.74. The molecule has 0 spiro atoms. The molecule has 1 fully saturated rings. The summed E-state index contributed by atoms with van der Waals surface area (Å²) in [4.78, 5) is 3.89. The van der Waals surface area contributed by atoms with Gasteiger partial charge in [0.25, 0.3) is 0 Å². The number of hydrogen-bond acceptors (Lipinski definition) is 6. The quantitative estimate of drug-likeness (QED) is 0.718. The zero-order chi connectivity index (χ0) is 15.3. The minimum Gasteiger partial charge on any atom is -0.398 e. The Kier molecular flexibility index (Phi) is 3.37. The van der Waals surface area contributed by atoms with Gasteiger partial charge in [-0.1, -0.05) is 0 Å². The maximum absolute atomic E-state index is 11.5. The van der Waals surface area contributed by atoms with E-state index >= 15 is 0 Å².